The van der Waals surface area contributed by atoms with Gasteiger partial charge in [0.15, 0.2) is 5.17 Å². The summed E-state index contributed by atoms with van der Waals surface area (Å²) in [4.78, 5) is 32.5. The fourth-order valence-corrected chi connectivity index (χ4v) is 5.62. The van der Waals surface area contributed by atoms with Crippen LogP contribution in [0.3, 0.4) is 0 Å². The molecule has 3 heterocycles. The molecular weight excluding hydrogens is 574 g/mol. The van der Waals surface area contributed by atoms with Crippen LogP contribution in [0.2, 0.25) is 0 Å². The molecule has 216 valence electrons. The quantitative estimate of drug-likeness (QED) is 0.359. The number of halogens is 6. The molecule has 41 heavy (non-hydrogen) atoms. The lowest BCUT2D eigenvalue weighted by Gasteiger charge is -2.38. The molecule has 2 aromatic carbocycles. The molecule has 0 unspecified atom stereocenters. The van der Waals surface area contributed by atoms with Crippen LogP contribution in [0.5, 0.6) is 0 Å². The van der Waals surface area contributed by atoms with Gasteiger partial charge in [-0.15, -0.1) is 0 Å². The highest BCUT2D eigenvalue weighted by atomic mass is 32.2. The standard InChI is InChI=1S/C26H22F6N6O2S/c1-36-6-7-37(13-20(36)22(33)39)24-35-23(40)21(41-24)9-14-2-5-19-16(8-14)11-34-38(19)12-15-3-4-17(25(27,28)29)10-18(15)26(30,31)32/h2-5,8-11,20H,6-7,12-13H2,1H3,(H2,33,39)/t20-/m1/s1. The fraction of sp³-hybridized carbons (Fsp3) is 0.308. The van der Waals surface area contributed by atoms with Gasteiger partial charge in [0.25, 0.3) is 5.91 Å². The van der Waals surface area contributed by atoms with Gasteiger partial charge < -0.3 is 10.6 Å². The molecule has 0 saturated carbocycles. The summed E-state index contributed by atoms with van der Waals surface area (Å²) in [6.07, 6.45) is -6.85. The molecule has 2 aliphatic heterocycles. The molecule has 1 aromatic heterocycles. The number of alkyl halides is 6. The molecule has 5 rings (SSSR count). The Morgan fingerprint density at radius 2 is 1.85 bits per heavy atom. The number of fused-ring (bicyclic) bond motifs is 1. The van der Waals surface area contributed by atoms with Crippen molar-refractivity contribution < 1.29 is 35.9 Å². The second-order valence-corrected chi connectivity index (χ2v) is 10.7. The lowest BCUT2D eigenvalue weighted by Crippen LogP contribution is -2.57. The van der Waals surface area contributed by atoms with Gasteiger partial charge in [0.1, 0.15) is 6.04 Å². The minimum absolute atomic E-state index is 0.105. The van der Waals surface area contributed by atoms with E-state index in [2.05, 4.69) is 10.1 Å². The van der Waals surface area contributed by atoms with Gasteiger partial charge in [-0.3, -0.25) is 19.2 Å². The average Bonchev–Trinajstić information content (AvgIpc) is 3.45. The topological polar surface area (TPSA) is 96.8 Å². The van der Waals surface area contributed by atoms with Gasteiger partial charge in [-0.25, -0.2) is 0 Å². The van der Waals surface area contributed by atoms with Gasteiger partial charge in [-0.2, -0.15) is 36.4 Å². The maximum atomic E-state index is 13.6. The number of aromatic nitrogens is 2. The number of rotatable bonds is 4. The normalized spacial score (nSPS) is 19.8. The first kappa shape index (κ1) is 28.7. The Morgan fingerprint density at radius 3 is 2.54 bits per heavy atom. The minimum Gasteiger partial charge on any atom is -0.368 e. The van der Waals surface area contributed by atoms with Crippen molar-refractivity contribution in [2.45, 2.75) is 24.9 Å². The van der Waals surface area contributed by atoms with Crippen LogP contribution in [0.4, 0.5) is 26.3 Å². The van der Waals surface area contributed by atoms with E-state index in [1.165, 1.54) is 10.9 Å². The number of likely N-dealkylation sites (N-methyl/N-ethyl adjacent to an activating group) is 1. The predicted octanol–water partition coefficient (Wildman–Crippen LogP) is 4.19. The van der Waals surface area contributed by atoms with Crippen molar-refractivity contribution in [3.63, 3.8) is 0 Å². The fourth-order valence-electron chi connectivity index (χ4n) is 4.68. The van der Waals surface area contributed by atoms with Crippen LogP contribution in [0.25, 0.3) is 17.0 Å². The van der Waals surface area contributed by atoms with E-state index in [4.69, 9.17) is 5.73 Å². The highest BCUT2D eigenvalue weighted by Gasteiger charge is 2.38. The zero-order valence-corrected chi connectivity index (χ0v) is 22.1. The van der Waals surface area contributed by atoms with E-state index >= 15 is 0 Å². The molecule has 8 nitrogen and oxygen atoms in total. The highest BCUT2D eigenvalue weighted by molar-refractivity contribution is 8.18. The van der Waals surface area contributed by atoms with Crippen molar-refractivity contribution in [1.82, 2.24) is 19.6 Å². The van der Waals surface area contributed by atoms with E-state index < -0.39 is 47.9 Å². The lowest BCUT2D eigenvalue weighted by atomic mass is 10.0. The van der Waals surface area contributed by atoms with Crippen LogP contribution in [-0.2, 0) is 28.5 Å². The SMILES string of the molecule is CN1CCN(C2=NC(=O)C(=Cc3ccc4c(cnn4Cc4ccc(C(F)(F)F)cc4C(F)(F)F)c3)S2)C[C@@H]1C(N)=O. The number of carbonyl (C=O) groups excluding carboxylic acids is 2. The van der Waals surface area contributed by atoms with Crippen molar-refractivity contribution in [2.24, 2.45) is 10.7 Å². The number of nitrogens with zero attached hydrogens (tertiary/aromatic N) is 5. The summed E-state index contributed by atoms with van der Waals surface area (Å²) in [6.45, 7) is 1.03. The number of piperazine rings is 1. The third-order valence-corrected chi connectivity index (χ3v) is 7.93. The number of amidine groups is 1. The number of hydrogen-bond acceptors (Lipinski definition) is 6. The summed E-state index contributed by atoms with van der Waals surface area (Å²) in [5.41, 5.74) is 3.43. The van der Waals surface area contributed by atoms with Crippen molar-refractivity contribution in [3.8, 4) is 0 Å². The van der Waals surface area contributed by atoms with Crippen LogP contribution in [0, 0.1) is 0 Å². The van der Waals surface area contributed by atoms with Gasteiger partial charge >= 0.3 is 12.4 Å². The molecule has 1 fully saturated rings. The number of aliphatic imine (C=N–C) groups is 1. The van der Waals surface area contributed by atoms with Gasteiger partial charge in [-0.05, 0) is 60.3 Å². The second-order valence-electron chi connectivity index (χ2n) is 9.64. The first-order valence-electron chi connectivity index (χ1n) is 12.2. The van der Waals surface area contributed by atoms with Crippen LogP contribution >= 0.6 is 11.8 Å². The Hall–Kier alpha value is -3.85. The number of carbonyl (C=O) groups is 2. The van der Waals surface area contributed by atoms with E-state index in [-0.39, 0.29) is 11.6 Å². The lowest BCUT2D eigenvalue weighted by molar-refractivity contribution is -0.143. The number of primary amides is 1. The summed E-state index contributed by atoms with van der Waals surface area (Å²) in [5.74, 6) is -0.915. The molecule has 0 spiro atoms. The predicted molar refractivity (Wildman–Crippen MR) is 140 cm³/mol. The Balaban J connectivity index is 1.35. The van der Waals surface area contributed by atoms with Crippen LogP contribution in [0.1, 0.15) is 22.3 Å². The molecule has 0 radical (unpaired) electrons. The highest BCUT2D eigenvalue weighted by Crippen LogP contribution is 2.38. The molecule has 1 saturated heterocycles. The van der Waals surface area contributed by atoms with E-state index in [1.54, 1.807) is 31.3 Å². The van der Waals surface area contributed by atoms with Crippen LogP contribution in [-0.4, -0.2) is 69.3 Å². The number of hydrogen-bond donors (Lipinski definition) is 1. The Bertz CT molecular complexity index is 1600. The molecule has 3 aromatic rings. The Morgan fingerprint density at radius 1 is 1.10 bits per heavy atom. The third kappa shape index (κ3) is 5.95. The average molecular weight is 597 g/mol. The van der Waals surface area contributed by atoms with E-state index in [9.17, 15) is 35.9 Å². The van der Waals surface area contributed by atoms with Gasteiger partial charge in [0, 0.05) is 25.0 Å². The molecule has 0 aliphatic carbocycles. The molecule has 2 N–H and O–H groups in total. The van der Waals surface area contributed by atoms with Crippen LogP contribution < -0.4 is 5.73 Å². The summed E-state index contributed by atoms with van der Waals surface area (Å²) in [7, 11) is 1.80. The zero-order valence-electron chi connectivity index (χ0n) is 21.3. The molecular formula is C26H22F6N6O2S. The zero-order chi connectivity index (χ0) is 29.7. The summed E-state index contributed by atoms with van der Waals surface area (Å²) >= 11 is 1.16. The second kappa shape index (κ2) is 10.5. The number of amides is 2. The van der Waals surface area contributed by atoms with Crippen molar-refractivity contribution in [1.29, 1.82) is 0 Å². The number of benzene rings is 2. The molecule has 0 bridgehead atoms. The Kier molecular flexibility index (Phi) is 7.36. The smallest absolute Gasteiger partial charge is 0.368 e. The maximum absolute atomic E-state index is 13.6. The minimum atomic E-state index is -4.99. The first-order chi connectivity index (χ1) is 19.2. The van der Waals surface area contributed by atoms with Crippen molar-refractivity contribution in [3.05, 3.63) is 69.8 Å². The van der Waals surface area contributed by atoms with E-state index in [0.717, 1.165) is 17.8 Å². The van der Waals surface area contributed by atoms with Gasteiger partial charge in [-0.1, -0.05) is 12.1 Å². The summed E-state index contributed by atoms with van der Waals surface area (Å²) in [5, 5.41) is 5.16. The van der Waals surface area contributed by atoms with Crippen molar-refractivity contribution >= 4 is 45.7 Å². The maximum Gasteiger partial charge on any atom is 0.416 e. The van der Waals surface area contributed by atoms with Gasteiger partial charge in [0.2, 0.25) is 5.91 Å². The largest absolute Gasteiger partial charge is 0.416 e. The first-order valence-corrected chi connectivity index (χ1v) is 13.0. The van der Waals surface area contributed by atoms with Crippen LogP contribution in [0.15, 0.2) is 52.5 Å². The molecule has 2 amide bonds. The molecule has 1 atom stereocenters. The third-order valence-electron chi connectivity index (χ3n) is 6.88. The number of nitrogens with two attached hydrogens (primary N) is 1. The van der Waals surface area contributed by atoms with E-state index in [1.807, 2.05) is 9.80 Å². The van der Waals surface area contributed by atoms with Gasteiger partial charge in [0.05, 0.1) is 34.3 Å². The Labute approximate surface area is 233 Å². The summed E-state index contributed by atoms with van der Waals surface area (Å²) < 4.78 is 81.1. The van der Waals surface area contributed by atoms with E-state index in [0.29, 0.717) is 52.2 Å². The monoisotopic (exact) mass is 596 g/mol. The molecule has 2 aliphatic rings. The summed E-state index contributed by atoms with van der Waals surface area (Å²) in [6, 6.07) is 5.96. The molecule has 15 heteroatoms. The van der Waals surface area contributed by atoms with Crippen molar-refractivity contribution in [2.75, 3.05) is 26.7 Å². The number of thioether (sulfide) groups is 1.